The molecule has 0 atom stereocenters. The standard InChI is InChI=1S/C20H12INO2/c21-18-3-1-2-17(12-18)20(23)24-19-10-8-16(9-11-19)15-6-4-14(13-22)5-7-15/h1-12H. The van der Waals surface area contributed by atoms with Gasteiger partial charge in [-0.2, -0.15) is 5.26 Å². The van der Waals surface area contributed by atoms with Gasteiger partial charge in [0.25, 0.3) is 0 Å². The van der Waals surface area contributed by atoms with Crippen LogP contribution in [0.5, 0.6) is 5.75 Å². The zero-order valence-electron chi connectivity index (χ0n) is 12.6. The Hall–Kier alpha value is -2.65. The van der Waals surface area contributed by atoms with Crippen molar-refractivity contribution in [2.24, 2.45) is 0 Å². The maximum atomic E-state index is 12.1. The second kappa shape index (κ2) is 7.28. The molecule has 3 aromatic carbocycles. The van der Waals surface area contributed by atoms with Gasteiger partial charge >= 0.3 is 5.97 Å². The first-order valence-corrected chi connectivity index (χ1v) is 8.32. The highest BCUT2D eigenvalue weighted by Crippen LogP contribution is 2.23. The Kier molecular flexibility index (Phi) is 4.92. The molecule has 0 aliphatic heterocycles. The number of nitriles is 1. The molecule has 3 aromatic rings. The Morgan fingerprint density at radius 3 is 2.12 bits per heavy atom. The van der Waals surface area contributed by atoms with Crippen molar-refractivity contribution in [3.8, 4) is 22.9 Å². The van der Waals surface area contributed by atoms with Crippen molar-refractivity contribution in [3.63, 3.8) is 0 Å². The summed E-state index contributed by atoms with van der Waals surface area (Å²) in [4.78, 5) is 12.1. The maximum Gasteiger partial charge on any atom is 0.343 e. The number of ether oxygens (including phenoxy) is 1. The highest BCUT2D eigenvalue weighted by molar-refractivity contribution is 14.1. The molecule has 0 saturated heterocycles. The summed E-state index contributed by atoms with van der Waals surface area (Å²) in [6, 6.07) is 24.0. The monoisotopic (exact) mass is 425 g/mol. The molecule has 0 bridgehead atoms. The van der Waals surface area contributed by atoms with Gasteiger partial charge in [-0.25, -0.2) is 4.79 Å². The van der Waals surface area contributed by atoms with Crippen molar-refractivity contribution < 1.29 is 9.53 Å². The molecule has 0 spiro atoms. The van der Waals surface area contributed by atoms with Crippen LogP contribution in [0.1, 0.15) is 15.9 Å². The molecule has 0 aromatic heterocycles. The van der Waals surface area contributed by atoms with E-state index in [9.17, 15) is 4.79 Å². The fourth-order valence-corrected chi connectivity index (χ4v) is 2.78. The van der Waals surface area contributed by atoms with Gasteiger partial charge in [0.05, 0.1) is 17.2 Å². The zero-order valence-corrected chi connectivity index (χ0v) is 14.7. The van der Waals surface area contributed by atoms with Crippen LogP contribution in [0.3, 0.4) is 0 Å². The van der Waals surface area contributed by atoms with Crippen LogP contribution >= 0.6 is 22.6 Å². The van der Waals surface area contributed by atoms with E-state index in [0.717, 1.165) is 14.7 Å². The minimum atomic E-state index is -0.375. The van der Waals surface area contributed by atoms with Crippen LogP contribution in [-0.4, -0.2) is 5.97 Å². The fourth-order valence-electron chi connectivity index (χ4n) is 2.23. The third kappa shape index (κ3) is 3.81. The van der Waals surface area contributed by atoms with E-state index < -0.39 is 0 Å². The summed E-state index contributed by atoms with van der Waals surface area (Å²) in [5, 5.41) is 8.83. The van der Waals surface area contributed by atoms with Crippen LogP contribution < -0.4 is 4.74 Å². The SMILES string of the molecule is N#Cc1ccc(-c2ccc(OC(=O)c3cccc(I)c3)cc2)cc1. The first-order chi connectivity index (χ1) is 11.7. The Morgan fingerprint density at radius 1 is 0.917 bits per heavy atom. The van der Waals surface area contributed by atoms with Crippen LogP contribution in [0.4, 0.5) is 0 Å². The average Bonchev–Trinajstić information content (AvgIpc) is 2.62. The summed E-state index contributed by atoms with van der Waals surface area (Å²) in [7, 11) is 0. The molecular weight excluding hydrogens is 413 g/mol. The van der Waals surface area contributed by atoms with Gasteiger partial charge in [0.1, 0.15) is 5.75 Å². The quantitative estimate of drug-likeness (QED) is 0.335. The molecule has 3 nitrogen and oxygen atoms in total. The molecule has 0 amide bonds. The first kappa shape index (κ1) is 16.2. The summed E-state index contributed by atoms with van der Waals surface area (Å²) in [5.41, 5.74) is 3.15. The average molecular weight is 425 g/mol. The van der Waals surface area contributed by atoms with E-state index in [1.807, 2.05) is 36.4 Å². The second-order valence-electron chi connectivity index (χ2n) is 5.11. The zero-order chi connectivity index (χ0) is 16.9. The van der Waals surface area contributed by atoms with E-state index >= 15 is 0 Å². The molecule has 0 aliphatic carbocycles. The normalized spacial score (nSPS) is 10.0. The van der Waals surface area contributed by atoms with Gasteiger partial charge < -0.3 is 4.74 Å². The van der Waals surface area contributed by atoms with Gasteiger partial charge in [-0.15, -0.1) is 0 Å². The highest BCUT2D eigenvalue weighted by atomic mass is 127. The van der Waals surface area contributed by atoms with Crippen LogP contribution in [-0.2, 0) is 0 Å². The lowest BCUT2D eigenvalue weighted by Gasteiger charge is -2.06. The molecule has 0 fully saturated rings. The van der Waals surface area contributed by atoms with Gasteiger partial charge in [-0.3, -0.25) is 0 Å². The number of carbonyl (C=O) groups is 1. The molecule has 24 heavy (non-hydrogen) atoms. The molecule has 0 aliphatic rings. The lowest BCUT2D eigenvalue weighted by molar-refractivity contribution is 0.0734. The summed E-state index contributed by atoms with van der Waals surface area (Å²) in [5.74, 6) is 0.121. The number of hydrogen-bond acceptors (Lipinski definition) is 3. The van der Waals surface area contributed by atoms with Crippen molar-refractivity contribution >= 4 is 28.6 Å². The van der Waals surface area contributed by atoms with Crippen molar-refractivity contribution in [1.82, 2.24) is 0 Å². The Morgan fingerprint density at radius 2 is 1.54 bits per heavy atom. The van der Waals surface area contributed by atoms with Gasteiger partial charge in [0.15, 0.2) is 0 Å². The third-order valence-electron chi connectivity index (χ3n) is 3.47. The molecular formula is C20H12INO2. The second-order valence-corrected chi connectivity index (χ2v) is 6.36. The molecule has 0 unspecified atom stereocenters. The molecule has 3 rings (SSSR count). The molecule has 0 radical (unpaired) electrons. The van der Waals surface area contributed by atoms with Gasteiger partial charge in [0.2, 0.25) is 0 Å². The summed E-state index contributed by atoms with van der Waals surface area (Å²) in [6.45, 7) is 0. The fraction of sp³-hybridized carbons (Fsp3) is 0. The minimum absolute atomic E-state index is 0.375. The number of halogens is 1. The molecule has 0 saturated carbocycles. The maximum absolute atomic E-state index is 12.1. The highest BCUT2D eigenvalue weighted by Gasteiger charge is 2.09. The van der Waals surface area contributed by atoms with Crippen LogP contribution in [0.15, 0.2) is 72.8 Å². The van der Waals surface area contributed by atoms with Crippen LogP contribution in [0, 0.1) is 14.9 Å². The van der Waals surface area contributed by atoms with Crippen molar-refractivity contribution in [3.05, 3.63) is 87.5 Å². The summed E-state index contributed by atoms with van der Waals surface area (Å²) < 4.78 is 6.38. The predicted octanol–water partition coefficient (Wildman–Crippen LogP) is 5.05. The van der Waals surface area contributed by atoms with E-state index in [1.54, 1.807) is 36.4 Å². The Labute approximate surface area is 153 Å². The van der Waals surface area contributed by atoms with Crippen molar-refractivity contribution in [2.45, 2.75) is 0 Å². The van der Waals surface area contributed by atoms with Gasteiger partial charge in [-0.05, 0) is 76.2 Å². The molecule has 116 valence electrons. The number of carbonyl (C=O) groups excluding carboxylic acids is 1. The largest absolute Gasteiger partial charge is 0.423 e. The predicted molar refractivity (Wildman–Crippen MR) is 101 cm³/mol. The Balaban J connectivity index is 1.74. The van der Waals surface area contributed by atoms with E-state index in [4.69, 9.17) is 10.00 Å². The molecule has 0 heterocycles. The first-order valence-electron chi connectivity index (χ1n) is 7.24. The van der Waals surface area contributed by atoms with E-state index in [1.165, 1.54) is 0 Å². The van der Waals surface area contributed by atoms with E-state index in [0.29, 0.717) is 16.9 Å². The molecule has 4 heteroatoms. The minimum Gasteiger partial charge on any atom is -0.423 e. The van der Waals surface area contributed by atoms with Crippen molar-refractivity contribution in [2.75, 3.05) is 0 Å². The summed E-state index contributed by atoms with van der Waals surface area (Å²) in [6.07, 6.45) is 0. The number of hydrogen-bond donors (Lipinski definition) is 0. The topological polar surface area (TPSA) is 50.1 Å². The summed E-state index contributed by atoms with van der Waals surface area (Å²) >= 11 is 2.16. The van der Waals surface area contributed by atoms with Gasteiger partial charge in [-0.1, -0.05) is 30.3 Å². The van der Waals surface area contributed by atoms with E-state index in [-0.39, 0.29) is 5.97 Å². The van der Waals surface area contributed by atoms with Gasteiger partial charge in [0, 0.05) is 3.57 Å². The smallest absolute Gasteiger partial charge is 0.343 e. The lowest BCUT2D eigenvalue weighted by Crippen LogP contribution is -2.08. The molecule has 0 N–H and O–H groups in total. The number of rotatable bonds is 3. The Bertz CT molecular complexity index is 910. The van der Waals surface area contributed by atoms with Crippen LogP contribution in [0.25, 0.3) is 11.1 Å². The number of benzene rings is 3. The van der Waals surface area contributed by atoms with Crippen LogP contribution in [0.2, 0.25) is 0 Å². The lowest BCUT2D eigenvalue weighted by atomic mass is 10.0. The number of nitrogens with zero attached hydrogens (tertiary/aromatic N) is 1. The number of esters is 1. The third-order valence-corrected chi connectivity index (χ3v) is 4.14. The van der Waals surface area contributed by atoms with E-state index in [2.05, 4.69) is 28.7 Å². The van der Waals surface area contributed by atoms with Crippen molar-refractivity contribution in [1.29, 1.82) is 5.26 Å².